The van der Waals surface area contributed by atoms with E-state index in [1.54, 1.807) is 7.11 Å². The van der Waals surface area contributed by atoms with E-state index < -0.39 is 6.10 Å². The third-order valence-electron chi connectivity index (χ3n) is 4.09. The Kier molecular flexibility index (Phi) is 6.30. The van der Waals surface area contributed by atoms with Crippen molar-refractivity contribution in [3.8, 4) is 0 Å². The van der Waals surface area contributed by atoms with Crippen LogP contribution in [0.1, 0.15) is 30.9 Å². The van der Waals surface area contributed by atoms with Gasteiger partial charge < -0.3 is 14.7 Å². The molecule has 1 atom stereocenters. The first-order valence-corrected chi connectivity index (χ1v) is 7.72. The van der Waals surface area contributed by atoms with Crippen LogP contribution >= 0.6 is 11.6 Å². The zero-order valence-corrected chi connectivity index (χ0v) is 12.9. The monoisotopic (exact) mass is 297 g/mol. The summed E-state index contributed by atoms with van der Waals surface area (Å²) in [7, 11) is 1.77. The maximum absolute atomic E-state index is 10.2. The van der Waals surface area contributed by atoms with E-state index in [9.17, 15) is 5.11 Å². The molecule has 3 nitrogen and oxygen atoms in total. The predicted octanol–water partition coefficient (Wildman–Crippen LogP) is 3.12. The van der Waals surface area contributed by atoms with Gasteiger partial charge in [-0.25, -0.2) is 0 Å². The summed E-state index contributed by atoms with van der Waals surface area (Å²) in [6.45, 7) is 3.99. The van der Waals surface area contributed by atoms with E-state index in [4.69, 9.17) is 16.3 Å². The number of methoxy groups -OCH3 is 1. The molecule has 2 rings (SSSR count). The number of benzene rings is 1. The lowest BCUT2D eigenvalue weighted by molar-refractivity contribution is 0.0869. The summed E-state index contributed by atoms with van der Waals surface area (Å²) in [6, 6.07) is 7.54. The number of likely N-dealkylation sites (tertiary alicyclic amines) is 1. The molecule has 0 spiro atoms. The van der Waals surface area contributed by atoms with Crippen molar-refractivity contribution < 1.29 is 9.84 Å². The molecular formula is C16H24ClNO2. The van der Waals surface area contributed by atoms with Gasteiger partial charge in [0.05, 0.1) is 6.10 Å². The maximum atomic E-state index is 10.2. The average molecular weight is 298 g/mol. The minimum atomic E-state index is -0.472. The van der Waals surface area contributed by atoms with Crippen LogP contribution in [0.5, 0.6) is 0 Å². The van der Waals surface area contributed by atoms with E-state index in [1.165, 1.54) is 12.8 Å². The Bertz CT molecular complexity index is 405. The second-order valence-electron chi connectivity index (χ2n) is 5.57. The zero-order chi connectivity index (χ0) is 14.4. The van der Waals surface area contributed by atoms with Gasteiger partial charge in [0, 0.05) is 25.3 Å². The smallest absolute Gasteiger partial charge is 0.0816 e. The van der Waals surface area contributed by atoms with Crippen molar-refractivity contribution in [3.63, 3.8) is 0 Å². The molecule has 1 aliphatic rings. The highest BCUT2D eigenvalue weighted by Gasteiger charge is 2.20. The van der Waals surface area contributed by atoms with Gasteiger partial charge in [0.1, 0.15) is 0 Å². The highest BCUT2D eigenvalue weighted by atomic mass is 35.5. The quantitative estimate of drug-likeness (QED) is 0.876. The Morgan fingerprint density at radius 3 is 2.70 bits per heavy atom. The molecule has 112 valence electrons. The number of hydrogen-bond donors (Lipinski definition) is 1. The van der Waals surface area contributed by atoms with Gasteiger partial charge in [-0.15, -0.1) is 0 Å². The molecule has 1 aromatic rings. The molecule has 0 amide bonds. The van der Waals surface area contributed by atoms with Crippen molar-refractivity contribution in [2.45, 2.75) is 25.4 Å². The molecule has 1 fully saturated rings. The number of ether oxygens (including phenoxy) is 1. The molecule has 0 aromatic heterocycles. The molecule has 0 saturated carbocycles. The van der Waals surface area contributed by atoms with Gasteiger partial charge in [-0.05, 0) is 49.9 Å². The fourth-order valence-corrected chi connectivity index (χ4v) is 3.08. The highest BCUT2D eigenvalue weighted by molar-refractivity contribution is 6.31. The van der Waals surface area contributed by atoms with Crippen LogP contribution in [0.2, 0.25) is 5.02 Å². The van der Waals surface area contributed by atoms with Gasteiger partial charge in [-0.2, -0.15) is 0 Å². The van der Waals surface area contributed by atoms with E-state index in [0.717, 1.165) is 38.2 Å². The Morgan fingerprint density at radius 1 is 1.35 bits per heavy atom. The van der Waals surface area contributed by atoms with Crippen molar-refractivity contribution in [2.24, 2.45) is 5.92 Å². The lowest BCUT2D eigenvalue weighted by atomic mass is 9.97. The number of nitrogens with zero attached hydrogens (tertiary/aromatic N) is 1. The summed E-state index contributed by atoms with van der Waals surface area (Å²) in [5.41, 5.74) is 0.837. The molecule has 1 aliphatic heterocycles. The van der Waals surface area contributed by atoms with Crippen LogP contribution in [0, 0.1) is 5.92 Å². The Hall–Kier alpha value is -0.610. The fraction of sp³-hybridized carbons (Fsp3) is 0.625. The minimum Gasteiger partial charge on any atom is -0.388 e. The van der Waals surface area contributed by atoms with Crippen LogP contribution in [0.15, 0.2) is 24.3 Å². The van der Waals surface area contributed by atoms with Gasteiger partial charge in [0.25, 0.3) is 0 Å². The normalized spacial score (nSPS) is 19.1. The fourth-order valence-electron chi connectivity index (χ4n) is 2.82. The number of hydrogen-bond acceptors (Lipinski definition) is 3. The molecular weight excluding hydrogens is 274 g/mol. The van der Waals surface area contributed by atoms with E-state index in [1.807, 2.05) is 24.3 Å². The Morgan fingerprint density at radius 2 is 2.05 bits per heavy atom. The predicted molar refractivity (Wildman–Crippen MR) is 82.1 cm³/mol. The van der Waals surface area contributed by atoms with Crippen molar-refractivity contribution >= 4 is 11.6 Å². The Balaban J connectivity index is 1.75. The number of aliphatic hydroxyl groups is 1. The van der Waals surface area contributed by atoms with E-state index >= 15 is 0 Å². The number of aliphatic hydroxyl groups excluding tert-OH is 1. The maximum Gasteiger partial charge on any atom is 0.0816 e. The molecule has 0 bridgehead atoms. The molecule has 1 N–H and O–H groups in total. The van der Waals surface area contributed by atoms with Crippen LogP contribution in [0.25, 0.3) is 0 Å². The first-order valence-electron chi connectivity index (χ1n) is 7.34. The average Bonchev–Trinajstić information content (AvgIpc) is 2.47. The molecule has 1 heterocycles. The van der Waals surface area contributed by atoms with Crippen LogP contribution in [0.4, 0.5) is 0 Å². The first-order chi connectivity index (χ1) is 9.70. The van der Waals surface area contributed by atoms with Gasteiger partial charge in [-0.1, -0.05) is 29.8 Å². The summed E-state index contributed by atoms with van der Waals surface area (Å²) in [6.07, 6.45) is 2.64. The molecule has 4 heteroatoms. The second-order valence-corrected chi connectivity index (χ2v) is 5.97. The lowest BCUT2D eigenvalue weighted by Gasteiger charge is -2.32. The first kappa shape index (κ1) is 15.8. The highest BCUT2D eigenvalue weighted by Crippen LogP contribution is 2.25. The molecule has 0 radical (unpaired) electrons. The van der Waals surface area contributed by atoms with Crippen LogP contribution in [0.3, 0.4) is 0 Å². The van der Waals surface area contributed by atoms with Crippen molar-refractivity contribution in [1.29, 1.82) is 0 Å². The van der Waals surface area contributed by atoms with Crippen LogP contribution < -0.4 is 0 Å². The summed E-state index contributed by atoms with van der Waals surface area (Å²) in [5, 5.41) is 10.9. The zero-order valence-electron chi connectivity index (χ0n) is 12.1. The van der Waals surface area contributed by atoms with Crippen LogP contribution in [-0.4, -0.2) is 43.4 Å². The standard InChI is InChI=1S/C16H24ClNO2/c1-20-12-13-6-9-18(10-7-13)11-8-16(19)14-4-2-3-5-15(14)17/h2-5,13,16,19H,6-12H2,1H3. The lowest BCUT2D eigenvalue weighted by Crippen LogP contribution is -2.36. The summed E-state index contributed by atoms with van der Waals surface area (Å²) >= 11 is 6.11. The summed E-state index contributed by atoms with van der Waals surface area (Å²) in [4.78, 5) is 2.42. The van der Waals surface area contributed by atoms with Gasteiger partial charge in [-0.3, -0.25) is 0 Å². The van der Waals surface area contributed by atoms with E-state index in [2.05, 4.69) is 4.90 Å². The number of rotatable bonds is 6. The van der Waals surface area contributed by atoms with Gasteiger partial charge in [0.2, 0.25) is 0 Å². The van der Waals surface area contributed by atoms with Crippen molar-refractivity contribution in [1.82, 2.24) is 4.90 Å². The van der Waals surface area contributed by atoms with Crippen LogP contribution in [-0.2, 0) is 4.74 Å². The molecule has 0 aliphatic carbocycles. The minimum absolute atomic E-state index is 0.472. The Labute approximate surface area is 126 Å². The van der Waals surface area contributed by atoms with Gasteiger partial charge in [0.15, 0.2) is 0 Å². The molecule has 1 saturated heterocycles. The summed E-state index contributed by atoms with van der Waals surface area (Å²) < 4.78 is 5.21. The molecule has 20 heavy (non-hydrogen) atoms. The van der Waals surface area contributed by atoms with E-state index in [0.29, 0.717) is 10.9 Å². The third kappa shape index (κ3) is 4.45. The topological polar surface area (TPSA) is 32.7 Å². The van der Waals surface area contributed by atoms with E-state index in [-0.39, 0.29) is 0 Å². The molecule has 1 unspecified atom stereocenters. The number of piperidine rings is 1. The number of halogens is 1. The van der Waals surface area contributed by atoms with Crippen molar-refractivity contribution in [3.05, 3.63) is 34.9 Å². The summed E-state index contributed by atoms with van der Waals surface area (Å²) in [5.74, 6) is 0.699. The van der Waals surface area contributed by atoms with Crippen molar-refractivity contribution in [2.75, 3.05) is 33.4 Å². The van der Waals surface area contributed by atoms with Gasteiger partial charge >= 0.3 is 0 Å². The SMILES string of the molecule is COCC1CCN(CCC(O)c2ccccc2Cl)CC1. The third-order valence-corrected chi connectivity index (χ3v) is 4.44. The largest absolute Gasteiger partial charge is 0.388 e. The molecule has 1 aromatic carbocycles. The second kappa shape index (κ2) is 7.99.